The molecule has 0 aliphatic heterocycles. The number of aromatic nitrogens is 1. The van der Waals surface area contributed by atoms with Gasteiger partial charge < -0.3 is 14.5 Å². The molecule has 2 atom stereocenters. The van der Waals surface area contributed by atoms with E-state index in [1.54, 1.807) is 11.9 Å². The minimum absolute atomic E-state index is 0.0371. The Labute approximate surface area is 143 Å². The summed E-state index contributed by atoms with van der Waals surface area (Å²) in [6.45, 7) is 5.72. The van der Waals surface area contributed by atoms with Crippen LogP contribution in [0, 0.1) is 19.8 Å². The maximum atomic E-state index is 12.9. The smallest absolute Gasteiger partial charge is 0.225 e. The van der Waals surface area contributed by atoms with Gasteiger partial charge in [0.25, 0.3) is 0 Å². The van der Waals surface area contributed by atoms with Crippen molar-refractivity contribution < 1.29 is 14.4 Å². The van der Waals surface area contributed by atoms with Gasteiger partial charge in [0.2, 0.25) is 5.91 Å². The van der Waals surface area contributed by atoms with Crippen LogP contribution in [0.1, 0.15) is 42.0 Å². The van der Waals surface area contributed by atoms with E-state index in [9.17, 15) is 9.90 Å². The molecule has 1 heterocycles. The molecule has 2 unspecified atom stereocenters. The standard InChI is InChI=1S/C19H26N2O3/c1-13(12-17-14(2)20-24-15(17)3)19(23)21(4)18(10-11-22)16-8-6-5-7-9-16/h5-9,13,18,22H,10-12H2,1-4H3. The normalized spacial score (nSPS) is 13.5. The summed E-state index contributed by atoms with van der Waals surface area (Å²) < 4.78 is 5.18. The van der Waals surface area contributed by atoms with Crippen molar-refractivity contribution >= 4 is 5.91 Å². The molecule has 1 aromatic carbocycles. The van der Waals surface area contributed by atoms with E-state index in [0.29, 0.717) is 12.8 Å². The maximum absolute atomic E-state index is 12.9. The second-order valence-corrected chi connectivity index (χ2v) is 6.30. The molecule has 130 valence electrons. The fraction of sp³-hybridized carbons (Fsp3) is 0.474. The molecule has 1 amide bonds. The van der Waals surface area contributed by atoms with E-state index < -0.39 is 0 Å². The summed E-state index contributed by atoms with van der Waals surface area (Å²) in [7, 11) is 1.81. The molecule has 1 aromatic heterocycles. The van der Waals surface area contributed by atoms with E-state index >= 15 is 0 Å². The number of carbonyl (C=O) groups is 1. The van der Waals surface area contributed by atoms with Crippen molar-refractivity contribution in [2.75, 3.05) is 13.7 Å². The van der Waals surface area contributed by atoms with Crippen molar-refractivity contribution in [2.24, 2.45) is 5.92 Å². The first-order chi connectivity index (χ1) is 11.5. The third-order valence-electron chi connectivity index (χ3n) is 4.52. The Morgan fingerprint density at radius 3 is 2.50 bits per heavy atom. The van der Waals surface area contributed by atoms with Crippen LogP contribution >= 0.6 is 0 Å². The van der Waals surface area contributed by atoms with E-state index in [1.807, 2.05) is 51.1 Å². The van der Waals surface area contributed by atoms with Crippen LogP contribution in [0.25, 0.3) is 0 Å². The predicted octanol–water partition coefficient (Wildman–Crippen LogP) is 3.05. The molecule has 0 radical (unpaired) electrons. The molecule has 0 spiro atoms. The van der Waals surface area contributed by atoms with E-state index in [-0.39, 0.29) is 24.5 Å². The number of aliphatic hydroxyl groups is 1. The fourth-order valence-corrected chi connectivity index (χ4v) is 3.07. The third-order valence-corrected chi connectivity index (χ3v) is 4.52. The van der Waals surface area contributed by atoms with Crippen molar-refractivity contribution in [3.63, 3.8) is 0 Å². The number of aliphatic hydroxyl groups excluding tert-OH is 1. The monoisotopic (exact) mass is 330 g/mol. The summed E-state index contributed by atoms with van der Waals surface area (Å²) >= 11 is 0. The molecule has 24 heavy (non-hydrogen) atoms. The lowest BCUT2D eigenvalue weighted by molar-refractivity contribution is -0.136. The van der Waals surface area contributed by atoms with Crippen LogP contribution in [0.5, 0.6) is 0 Å². The summed E-state index contributed by atoms with van der Waals surface area (Å²) in [5, 5.41) is 13.3. The van der Waals surface area contributed by atoms with Gasteiger partial charge in [-0.05, 0) is 32.3 Å². The van der Waals surface area contributed by atoms with E-state index in [4.69, 9.17) is 4.52 Å². The lowest BCUT2D eigenvalue weighted by Crippen LogP contribution is -2.36. The average molecular weight is 330 g/mol. The Balaban J connectivity index is 2.14. The maximum Gasteiger partial charge on any atom is 0.225 e. The number of hydrogen-bond donors (Lipinski definition) is 1. The van der Waals surface area contributed by atoms with Gasteiger partial charge in [-0.1, -0.05) is 42.4 Å². The van der Waals surface area contributed by atoms with Gasteiger partial charge in [0.05, 0.1) is 11.7 Å². The average Bonchev–Trinajstić information content (AvgIpc) is 2.91. The van der Waals surface area contributed by atoms with Gasteiger partial charge >= 0.3 is 0 Å². The number of benzene rings is 1. The van der Waals surface area contributed by atoms with E-state index in [2.05, 4.69) is 5.16 Å². The SMILES string of the molecule is Cc1noc(C)c1CC(C)C(=O)N(C)C(CCO)c1ccccc1. The zero-order chi connectivity index (χ0) is 17.7. The molecule has 0 saturated heterocycles. The third kappa shape index (κ3) is 4.03. The molecule has 0 fully saturated rings. The Kier molecular flexibility index (Phi) is 6.15. The highest BCUT2D eigenvalue weighted by molar-refractivity contribution is 5.79. The zero-order valence-corrected chi connectivity index (χ0v) is 14.8. The van der Waals surface area contributed by atoms with Gasteiger partial charge in [-0.3, -0.25) is 4.79 Å². The van der Waals surface area contributed by atoms with Crippen molar-refractivity contribution in [2.45, 2.75) is 39.7 Å². The lowest BCUT2D eigenvalue weighted by Gasteiger charge is -2.30. The van der Waals surface area contributed by atoms with Crippen LogP contribution in [-0.4, -0.2) is 34.7 Å². The minimum Gasteiger partial charge on any atom is -0.396 e. The summed E-state index contributed by atoms with van der Waals surface area (Å²) in [6, 6.07) is 9.69. The van der Waals surface area contributed by atoms with Crippen LogP contribution in [0.4, 0.5) is 0 Å². The Morgan fingerprint density at radius 2 is 1.96 bits per heavy atom. The lowest BCUT2D eigenvalue weighted by atomic mass is 9.96. The van der Waals surface area contributed by atoms with E-state index in [1.165, 1.54) is 0 Å². The molecular formula is C19H26N2O3. The Morgan fingerprint density at radius 1 is 1.29 bits per heavy atom. The van der Waals surface area contributed by atoms with Crippen molar-refractivity contribution in [1.82, 2.24) is 10.1 Å². The molecule has 2 aromatic rings. The van der Waals surface area contributed by atoms with Gasteiger partial charge in [0, 0.05) is 25.1 Å². The largest absolute Gasteiger partial charge is 0.396 e. The van der Waals surface area contributed by atoms with Crippen LogP contribution in [0.2, 0.25) is 0 Å². The van der Waals surface area contributed by atoms with Crippen LogP contribution < -0.4 is 0 Å². The van der Waals surface area contributed by atoms with Crippen LogP contribution in [0.15, 0.2) is 34.9 Å². The first kappa shape index (κ1) is 18.2. The number of amides is 1. The molecule has 0 bridgehead atoms. The second-order valence-electron chi connectivity index (χ2n) is 6.30. The number of rotatable bonds is 7. The summed E-state index contributed by atoms with van der Waals surface area (Å²) in [5.74, 6) is 0.638. The number of carbonyl (C=O) groups excluding carboxylic acids is 1. The van der Waals surface area contributed by atoms with Gasteiger partial charge in [-0.2, -0.15) is 0 Å². The van der Waals surface area contributed by atoms with Crippen molar-refractivity contribution in [3.05, 3.63) is 52.9 Å². The second kappa shape index (κ2) is 8.11. The summed E-state index contributed by atoms with van der Waals surface area (Å²) in [5.41, 5.74) is 2.87. The van der Waals surface area contributed by atoms with Gasteiger partial charge in [-0.25, -0.2) is 0 Å². The zero-order valence-electron chi connectivity index (χ0n) is 14.8. The van der Waals surface area contributed by atoms with Crippen molar-refractivity contribution in [1.29, 1.82) is 0 Å². The minimum atomic E-state index is -0.184. The topological polar surface area (TPSA) is 66.6 Å². The molecule has 0 aliphatic rings. The van der Waals surface area contributed by atoms with Gasteiger partial charge in [-0.15, -0.1) is 0 Å². The van der Waals surface area contributed by atoms with E-state index in [0.717, 1.165) is 22.6 Å². The first-order valence-corrected chi connectivity index (χ1v) is 8.30. The van der Waals surface area contributed by atoms with Crippen molar-refractivity contribution in [3.8, 4) is 0 Å². The molecule has 0 saturated carbocycles. The Hall–Kier alpha value is -2.14. The molecule has 5 nitrogen and oxygen atoms in total. The molecule has 2 rings (SSSR count). The number of nitrogens with zero attached hydrogens (tertiary/aromatic N) is 2. The quantitative estimate of drug-likeness (QED) is 0.847. The summed E-state index contributed by atoms with van der Waals surface area (Å²) in [6.07, 6.45) is 1.12. The number of aryl methyl sites for hydroxylation is 2. The Bertz CT molecular complexity index is 647. The van der Waals surface area contributed by atoms with Crippen LogP contribution in [0.3, 0.4) is 0 Å². The number of hydrogen-bond acceptors (Lipinski definition) is 4. The predicted molar refractivity (Wildman–Crippen MR) is 92.5 cm³/mol. The first-order valence-electron chi connectivity index (χ1n) is 8.30. The molecule has 1 N–H and O–H groups in total. The highest BCUT2D eigenvalue weighted by atomic mass is 16.5. The van der Waals surface area contributed by atoms with Gasteiger partial charge in [0.1, 0.15) is 5.76 Å². The molecular weight excluding hydrogens is 304 g/mol. The molecule has 0 aliphatic carbocycles. The fourth-order valence-electron chi connectivity index (χ4n) is 3.07. The highest BCUT2D eigenvalue weighted by Crippen LogP contribution is 2.26. The highest BCUT2D eigenvalue weighted by Gasteiger charge is 2.26. The summed E-state index contributed by atoms with van der Waals surface area (Å²) in [4.78, 5) is 14.6. The van der Waals surface area contributed by atoms with Crippen LogP contribution in [-0.2, 0) is 11.2 Å². The van der Waals surface area contributed by atoms with Gasteiger partial charge in [0.15, 0.2) is 0 Å². The molecule has 5 heteroatoms.